The van der Waals surface area contributed by atoms with Gasteiger partial charge in [0.2, 0.25) is 0 Å². The van der Waals surface area contributed by atoms with E-state index < -0.39 is 20.5 Å². The monoisotopic (exact) mass is 444 g/mol. The molecule has 0 aliphatic carbocycles. The molecule has 3 nitrogen and oxygen atoms in total. The number of hydrogen-bond acceptors (Lipinski definition) is 3. The SMILES string of the molecule is CCCCCCCCCCCCCC[C@H](O)[C@H](O)[C@@H](C)CCO[Si](C)(C)C(C)(C)C. The lowest BCUT2D eigenvalue weighted by atomic mass is 9.93. The summed E-state index contributed by atoms with van der Waals surface area (Å²) < 4.78 is 6.22. The Bertz CT molecular complexity index is 392. The van der Waals surface area contributed by atoms with E-state index in [-0.39, 0.29) is 11.0 Å². The molecule has 2 N–H and O–H groups in total. The molecule has 3 atom stereocenters. The van der Waals surface area contributed by atoms with Gasteiger partial charge in [-0.05, 0) is 36.9 Å². The summed E-state index contributed by atoms with van der Waals surface area (Å²) in [5.74, 6) is 0.0714. The van der Waals surface area contributed by atoms with E-state index in [0.29, 0.717) is 13.0 Å². The van der Waals surface area contributed by atoms with E-state index in [1.807, 2.05) is 6.92 Å². The van der Waals surface area contributed by atoms with Crippen molar-refractivity contribution >= 4 is 8.32 Å². The molecule has 0 fully saturated rings. The van der Waals surface area contributed by atoms with Crippen molar-refractivity contribution in [3.05, 3.63) is 0 Å². The molecule has 0 spiro atoms. The molecule has 0 saturated heterocycles. The van der Waals surface area contributed by atoms with Crippen LogP contribution in [0, 0.1) is 5.92 Å². The van der Waals surface area contributed by atoms with E-state index in [2.05, 4.69) is 40.8 Å². The summed E-state index contributed by atoms with van der Waals surface area (Å²) in [6.07, 6.45) is 16.1. The van der Waals surface area contributed by atoms with E-state index in [1.165, 1.54) is 70.6 Å². The van der Waals surface area contributed by atoms with Crippen molar-refractivity contribution in [1.29, 1.82) is 0 Å². The van der Waals surface area contributed by atoms with Crippen LogP contribution in [0.2, 0.25) is 18.1 Å². The fourth-order valence-corrected chi connectivity index (χ4v) is 4.69. The van der Waals surface area contributed by atoms with Crippen LogP contribution < -0.4 is 0 Å². The highest BCUT2D eigenvalue weighted by Gasteiger charge is 2.37. The van der Waals surface area contributed by atoms with E-state index >= 15 is 0 Å². The molecule has 0 rings (SSSR count). The van der Waals surface area contributed by atoms with Crippen molar-refractivity contribution in [2.24, 2.45) is 5.92 Å². The van der Waals surface area contributed by atoms with Crippen molar-refractivity contribution < 1.29 is 14.6 Å². The third-order valence-electron chi connectivity index (χ3n) is 7.17. The molecular weight excluding hydrogens is 388 g/mol. The first-order chi connectivity index (χ1) is 14.0. The number of aliphatic hydroxyl groups is 2. The van der Waals surface area contributed by atoms with Gasteiger partial charge in [-0.3, -0.25) is 0 Å². The van der Waals surface area contributed by atoms with Crippen LogP contribution in [0.15, 0.2) is 0 Å². The summed E-state index contributed by atoms with van der Waals surface area (Å²) in [5, 5.41) is 21.0. The largest absolute Gasteiger partial charge is 0.417 e. The van der Waals surface area contributed by atoms with Gasteiger partial charge in [-0.15, -0.1) is 0 Å². The second kappa shape index (κ2) is 16.7. The fourth-order valence-electron chi connectivity index (χ4n) is 3.63. The molecule has 0 aliphatic heterocycles. The maximum Gasteiger partial charge on any atom is 0.191 e. The summed E-state index contributed by atoms with van der Waals surface area (Å²) in [7, 11) is -1.73. The van der Waals surface area contributed by atoms with Gasteiger partial charge in [0.25, 0.3) is 0 Å². The number of aliphatic hydroxyl groups excluding tert-OH is 2. The lowest BCUT2D eigenvalue weighted by molar-refractivity contribution is -0.0225. The first kappa shape index (κ1) is 30.1. The van der Waals surface area contributed by atoms with Crippen LogP contribution in [-0.4, -0.2) is 37.3 Å². The zero-order valence-electron chi connectivity index (χ0n) is 21.6. The first-order valence-electron chi connectivity index (χ1n) is 13.0. The molecule has 4 heteroatoms. The fraction of sp³-hybridized carbons (Fsp3) is 1.00. The molecule has 30 heavy (non-hydrogen) atoms. The molecule has 0 heterocycles. The minimum Gasteiger partial charge on any atom is -0.417 e. The average Bonchev–Trinajstić information content (AvgIpc) is 2.66. The molecule has 0 aromatic carbocycles. The van der Waals surface area contributed by atoms with Gasteiger partial charge in [0, 0.05) is 6.61 Å². The van der Waals surface area contributed by atoms with Gasteiger partial charge in [-0.25, -0.2) is 0 Å². The standard InChI is InChI=1S/C26H56O3Si/c1-8-9-10-11-12-13-14-15-16-17-18-19-20-24(27)25(28)23(2)21-22-29-30(6,7)26(3,4)5/h23-25,27-28H,8-22H2,1-7H3/t23-,24-,25+/m0/s1. The molecule has 0 aromatic heterocycles. The van der Waals surface area contributed by atoms with E-state index in [9.17, 15) is 10.2 Å². The van der Waals surface area contributed by atoms with Crippen molar-refractivity contribution in [2.75, 3.05) is 6.61 Å². The Hall–Kier alpha value is 0.0969. The van der Waals surface area contributed by atoms with Crippen molar-refractivity contribution in [1.82, 2.24) is 0 Å². The van der Waals surface area contributed by atoms with Crippen molar-refractivity contribution in [3.8, 4) is 0 Å². The third-order valence-corrected chi connectivity index (χ3v) is 11.7. The summed E-state index contributed by atoms with van der Waals surface area (Å²) in [4.78, 5) is 0. The highest BCUT2D eigenvalue weighted by atomic mass is 28.4. The Labute approximate surface area is 190 Å². The van der Waals surface area contributed by atoms with Crippen LogP contribution in [0.25, 0.3) is 0 Å². The zero-order chi connectivity index (χ0) is 23.0. The maximum atomic E-state index is 10.5. The topological polar surface area (TPSA) is 49.7 Å². The first-order valence-corrected chi connectivity index (χ1v) is 15.9. The lowest BCUT2D eigenvalue weighted by Crippen LogP contribution is -2.41. The highest BCUT2D eigenvalue weighted by Crippen LogP contribution is 2.36. The van der Waals surface area contributed by atoms with Gasteiger partial charge in [-0.2, -0.15) is 0 Å². The molecule has 0 aliphatic rings. The average molecular weight is 445 g/mol. The summed E-state index contributed by atoms with van der Waals surface area (Å²) >= 11 is 0. The quantitative estimate of drug-likeness (QED) is 0.157. The van der Waals surface area contributed by atoms with E-state index in [1.54, 1.807) is 0 Å². The van der Waals surface area contributed by atoms with E-state index in [0.717, 1.165) is 12.8 Å². The number of unbranched alkanes of at least 4 members (excludes halogenated alkanes) is 11. The minimum atomic E-state index is -1.73. The molecule has 0 saturated carbocycles. The Kier molecular flexibility index (Phi) is 16.7. The molecule has 182 valence electrons. The van der Waals surface area contributed by atoms with Gasteiger partial charge >= 0.3 is 0 Å². The number of hydrogen-bond donors (Lipinski definition) is 2. The van der Waals surface area contributed by atoms with Crippen LogP contribution in [0.1, 0.15) is 125 Å². The summed E-state index contributed by atoms with van der Waals surface area (Å²) in [6, 6.07) is 0. The Morgan fingerprint density at radius 2 is 1.17 bits per heavy atom. The van der Waals surface area contributed by atoms with E-state index in [4.69, 9.17) is 4.43 Å². The van der Waals surface area contributed by atoms with Gasteiger partial charge in [-0.1, -0.05) is 112 Å². The molecule has 0 unspecified atom stereocenters. The number of rotatable bonds is 19. The lowest BCUT2D eigenvalue weighted by Gasteiger charge is -2.36. The van der Waals surface area contributed by atoms with Gasteiger partial charge in [0.1, 0.15) is 0 Å². The molecule has 0 radical (unpaired) electrons. The third kappa shape index (κ3) is 14.2. The molecular formula is C26H56O3Si. The summed E-state index contributed by atoms with van der Waals surface area (Å²) in [5.41, 5.74) is 0. The van der Waals surface area contributed by atoms with Crippen LogP contribution in [0.3, 0.4) is 0 Å². The predicted molar refractivity (Wildman–Crippen MR) is 135 cm³/mol. The molecule has 0 aromatic rings. The Morgan fingerprint density at radius 1 is 0.733 bits per heavy atom. The highest BCUT2D eigenvalue weighted by molar-refractivity contribution is 6.74. The van der Waals surface area contributed by atoms with Gasteiger partial charge < -0.3 is 14.6 Å². The summed E-state index contributed by atoms with van der Waals surface area (Å²) in [6.45, 7) is 16.2. The Balaban J connectivity index is 3.72. The van der Waals surface area contributed by atoms with Gasteiger partial charge in [0.15, 0.2) is 8.32 Å². The smallest absolute Gasteiger partial charge is 0.191 e. The maximum absolute atomic E-state index is 10.5. The van der Waals surface area contributed by atoms with Crippen LogP contribution in [0.5, 0.6) is 0 Å². The second-order valence-corrected chi connectivity index (χ2v) is 15.9. The zero-order valence-corrected chi connectivity index (χ0v) is 22.6. The molecule has 0 bridgehead atoms. The van der Waals surface area contributed by atoms with Crippen molar-refractivity contribution in [2.45, 2.75) is 155 Å². The second-order valence-electron chi connectivity index (χ2n) is 11.1. The van der Waals surface area contributed by atoms with Crippen LogP contribution >= 0.6 is 0 Å². The van der Waals surface area contributed by atoms with Crippen LogP contribution in [-0.2, 0) is 4.43 Å². The normalized spacial score (nSPS) is 15.9. The van der Waals surface area contributed by atoms with Gasteiger partial charge in [0.05, 0.1) is 12.2 Å². The Morgan fingerprint density at radius 3 is 1.60 bits per heavy atom. The van der Waals surface area contributed by atoms with Crippen LogP contribution in [0.4, 0.5) is 0 Å². The molecule has 0 amide bonds. The predicted octanol–water partition coefficient (Wildman–Crippen LogP) is 7.85. The minimum absolute atomic E-state index is 0.0714. The van der Waals surface area contributed by atoms with Crippen molar-refractivity contribution in [3.63, 3.8) is 0 Å².